The standard InChI is InChI=1S/C16H19F2NS/c1-4-19-15(16-7-10(2)11(3)20-16)9-12-8-13(17)5-6-14(12)18/h5-8,15,19H,4,9H2,1-3H3. The summed E-state index contributed by atoms with van der Waals surface area (Å²) in [5, 5.41) is 3.36. The number of hydrogen-bond donors (Lipinski definition) is 1. The van der Waals surface area contributed by atoms with E-state index in [1.54, 1.807) is 11.3 Å². The lowest BCUT2D eigenvalue weighted by Crippen LogP contribution is -2.22. The molecule has 0 saturated heterocycles. The molecule has 1 aromatic carbocycles. The summed E-state index contributed by atoms with van der Waals surface area (Å²) in [6, 6.07) is 5.78. The third-order valence-corrected chi connectivity index (χ3v) is 4.68. The third kappa shape index (κ3) is 3.44. The van der Waals surface area contributed by atoms with Crippen LogP contribution in [0.15, 0.2) is 24.3 Å². The van der Waals surface area contributed by atoms with E-state index in [0.29, 0.717) is 12.0 Å². The molecule has 1 nitrogen and oxygen atoms in total. The second-order valence-electron chi connectivity index (χ2n) is 4.94. The van der Waals surface area contributed by atoms with Gasteiger partial charge in [-0.25, -0.2) is 8.78 Å². The monoisotopic (exact) mass is 295 g/mol. The molecule has 108 valence electrons. The van der Waals surface area contributed by atoms with Crippen molar-refractivity contribution in [2.24, 2.45) is 0 Å². The lowest BCUT2D eigenvalue weighted by atomic mass is 10.0. The molecule has 0 aliphatic heterocycles. The van der Waals surface area contributed by atoms with Crippen LogP contribution in [0.4, 0.5) is 8.78 Å². The molecule has 1 N–H and O–H groups in total. The van der Waals surface area contributed by atoms with Crippen LogP contribution in [0.1, 0.15) is 33.8 Å². The molecule has 0 aliphatic rings. The Kier molecular flexibility index (Phi) is 4.89. The quantitative estimate of drug-likeness (QED) is 0.854. The highest BCUT2D eigenvalue weighted by atomic mass is 32.1. The van der Waals surface area contributed by atoms with Crippen LogP contribution in [0, 0.1) is 25.5 Å². The largest absolute Gasteiger partial charge is 0.309 e. The second-order valence-corrected chi connectivity index (χ2v) is 6.23. The minimum atomic E-state index is -0.393. The Bertz CT molecular complexity index is 573. The maximum atomic E-state index is 13.8. The molecule has 0 amide bonds. The molecule has 1 unspecified atom stereocenters. The summed E-state index contributed by atoms with van der Waals surface area (Å²) in [4.78, 5) is 2.44. The van der Waals surface area contributed by atoms with Crippen molar-refractivity contribution in [3.8, 4) is 0 Å². The highest BCUT2D eigenvalue weighted by Gasteiger charge is 2.17. The molecular weight excluding hydrogens is 276 g/mol. The summed E-state index contributed by atoms with van der Waals surface area (Å²) in [5.74, 6) is -0.741. The van der Waals surface area contributed by atoms with E-state index in [1.165, 1.54) is 27.5 Å². The molecule has 2 aromatic rings. The first-order valence-electron chi connectivity index (χ1n) is 6.75. The lowest BCUT2D eigenvalue weighted by Gasteiger charge is -2.17. The molecule has 0 aliphatic carbocycles. The van der Waals surface area contributed by atoms with Gasteiger partial charge in [0.1, 0.15) is 11.6 Å². The zero-order chi connectivity index (χ0) is 14.7. The predicted molar refractivity (Wildman–Crippen MR) is 80.3 cm³/mol. The van der Waals surface area contributed by atoms with E-state index in [2.05, 4.69) is 25.2 Å². The Morgan fingerprint density at radius 3 is 2.55 bits per heavy atom. The summed E-state index contributed by atoms with van der Waals surface area (Å²) in [6.45, 7) is 6.95. The van der Waals surface area contributed by atoms with Gasteiger partial charge in [-0.3, -0.25) is 0 Å². The van der Waals surface area contributed by atoms with Crippen LogP contribution in [0.25, 0.3) is 0 Å². The molecule has 0 fully saturated rings. The Morgan fingerprint density at radius 2 is 1.95 bits per heavy atom. The Labute approximate surface area is 122 Å². The number of nitrogens with one attached hydrogen (secondary N) is 1. The minimum absolute atomic E-state index is 0.0219. The van der Waals surface area contributed by atoms with Gasteiger partial charge >= 0.3 is 0 Å². The molecule has 1 heterocycles. The maximum Gasteiger partial charge on any atom is 0.126 e. The van der Waals surface area contributed by atoms with Crippen LogP contribution in [0.5, 0.6) is 0 Å². The summed E-state index contributed by atoms with van der Waals surface area (Å²) in [6.07, 6.45) is 0.455. The first-order valence-corrected chi connectivity index (χ1v) is 7.57. The molecule has 1 atom stereocenters. The Balaban J connectivity index is 2.27. The summed E-state index contributed by atoms with van der Waals surface area (Å²) in [7, 11) is 0. The SMILES string of the molecule is CCNC(Cc1cc(F)ccc1F)c1cc(C)c(C)s1. The molecule has 20 heavy (non-hydrogen) atoms. The second kappa shape index (κ2) is 6.46. The van der Waals surface area contributed by atoms with Crippen molar-refractivity contribution in [3.63, 3.8) is 0 Å². The van der Waals surface area contributed by atoms with Crippen molar-refractivity contribution >= 4 is 11.3 Å². The van der Waals surface area contributed by atoms with E-state index in [1.807, 2.05) is 6.92 Å². The number of aryl methyl sites for hydroxylation is 2. The zero-order valence-corrected chi connectivity index (χ0v) is 12.8. The number of rotatable bonds is 5. The van der Waals surface area contributed by atoms with Gasteiger partial charge in [0.05, 0.1) is 0 Å². The van der Waals surface area contributed by atoms with E-state index >= 15 is 0 Å². The van der Waals surface area contributed by atoms with Gasteiger partial charge in [-0.15, -0.1) is 11.3 Å². The highest BCUT2D eigenvalue weighted by molar-refractivity contribution is 7.12. The zero-order valence-electron chi connectivity index (χ0n) is 12.0. The number of likely N-dealkylation sites (N-methyl/N-ethyl adjacent to an activating group) is 1. The van der Waals surface area contributed by atoms with Gasteiger partial charge in [0.25, 0.3) is 0 Å². The lowest BCUT2D eigenvalue weighted by molar-refractivity contribution is 0.527. The number of thiophene rings is 1. The first-order chi connectivity index (χ1) is 9.51. The number of benzene rings is 1. The van der Waals surface area contributed by atoms with E-state index in [9.17, 15) is 8.78 Å². The number of halogens is 2. The molecule has 2 rings (SSSR count). The van der Waals surface area contributed by atoms with Crippen molar-refractivity contribution in [1.82, 2.24) is 5.32 Å². The van der Waals surface area contributed by atoms with Crippen LogP contribution in [0.3, 0.4) is 0 Å². The normalized spacial score (nSPS) is 12.7. The van der Waals surface area contributed by atoms with Crippen LogP contribution in [-0.2, 0) is 6.42 Å². The fraction of sp³-hybridized carbons (Fsp3) is 0.375. The van der Waals surface area contributed by atoms with Crippen molar-refractivity contribution in [3.05, 3.63) is 56.8 Å². The third-order valence-electron chi connectivity index (χ3n) is 3.41. The smallest absolute Gasteiger partial charge is 0.126 e. The van der Waals surface area contributed by atoms with Crippen LogP contribution >= 0.6 is 11.3 Å². The van der Waals surface area contributed by atoms with Crippen LogP contribution in [-0.4, -0.2) is 6.54 Å². The van der Waals surface area contributed by atoms with E-state index in [0.717, 1.165) is 12.6 Å². The average Bonchev–Trinajstić information content (AvgIpc) is 2.73. The minimum Gasteiger partial charge on any atom is -0.309 e. The maximum absolute atomic E-state index is 13.8. The van der Waals surface area contributed by atoms with Gasteiger partial charge in [-0.05, 0) is 62.2 Å². The molecule has 0 saturated carbocycles. The van der Waals surface area contributed by atoms with Crippen molar-refractivity contribution in [2.45, 2.75) is 33.2 Å². The Morgan fingerprint density at radius 1 is 1.20 bits per heavy atom. The summed E-state index contributed by atoms with van der Waals surface area (Å²) < 4.78 is 27.0. The molecule has 0 bridgehead atoms. The molecule has 1 aromatic heterocycles. The van der Waals surface area contributed by atoms with E-state index in [4.69, 9.17) is 0 Å². The van der Waals surface area contributed by atoms with Crippen molar-refractivity contribution in [1.29, 1.82) is 0 Å². The fourth-order valence-corrected chi connectivity index (χ4v) is 3.33. The van der Waals surface area contributed by atoms with Gasteiger partial charge in [-0.2, -0.15) is 0 Å². The van der Waals surface area contributed by atoms with Gasteiger partial charge in [0.2, 0.25) is 0 Å². The molecule has 0 radical (unpaired) electrons. The summed E-state index contributed by atoms with van der Waals surface area (Å²) >= 11 is 1.71. The average molecular weight is 295 g/mol. The predicted octanol–water partition coefficient (Wildman–Crippen LogP) is 4.54. The van der Waals surface area contributed by atoms with Gasteiger partial charge in [0.15, 0.2) is 0 Å². The fourth-order valence-electron chi connectivity index (χ4n) is 2.21. The van der Waals surface area contributed by atoms with Gasteiger partial charge in [-0.1, -0.05) is 6.92 Å². The van der Waals surface area contributed by atoms with Crippen LogP contribution < -0.4 is 5.32 Å². The molecule has 0 spiro atoms. The Hall–Kier alpha value is -1.26. The first kappa shape index (κ1) is 15.1. The number of hydrogen-bond acceptors (Lipinski definition) is 2. The van der Waals surface area contributed by atoms with Gasteiger partial charge < -0.3 is 5.32 Å². The summed E-state index contributed by atoms with van der Waals surface area (Å²) in [5.41, 5.74) is 1.66. The van der Waals surface area contributed by atoms with Crippen molar-refractivity contribution < 1.29 is 8.78 Å². The van der Waals surface area contributed by atoms with Crippen LogP contribution in [0.2, 0.25) is 0 Å². The van der Waals surface area contributed by atoms with E-state index in [-0.39, 0.29) is 11.9 Å². The topological polar surface area (TPSA) is 12.0 Å². The molecule has 4 heteroatoms. The van der Waals surface area contributed by atoms with Gasteiger partial charge in [0, 0.05) is 15.8 Å². The van der Waals surface area contributed by atoms with Crippen molar-refractivity contribution in [2.75, 3.05) is 6.54 Å². The van der Waals surface area contributed by atoms with E-state index < -0.39 is 5.82 Å². The highest BCUT2D eigenvalue weighted by Crippen LogP contribution is 2.29. The molecular formula is C16H19F2NS.